The van der Waals surface area contributed by atoms with E-state index in [1.807, 2.05) is 29.8 Å². The molecule has 3 rings (SSSR count). The number of rotatable bonds is 3. The van der Waals surface area contributed by atoms with Crippen molar-refractivity contribution in [2.75, 3.05) is 31.1 Å². The molecule has 1 aliphatic rings. The molecule has 0 unspecified atom stereocenters. The molecule has 22 heavy (non-hydrogen) atoms. The lowest BCUT2D eigenvalue weighted by molar-refractivity contribution is 0.380. The van der Waals surface area contributed by atoms with Crippen molar-refractivity contribution >= 4 is 46.4 Å². The molecule has 1 aromatic carbocycles. The predicted octanol–water partition coefficient (Wildman–Crippen LogP) is 2.40. The predicted molar refractivity (Wildman–Crippen MR) is 103 cm³/mol. The zero-order valence-electron chi connectivity index (χ0n) is 12.3. The van der Waals surface area contributed by atoms with Crippen LogP contribution in [0.2, 0.25) is 0 Å². The number of anilines is 1. The Kier molecular flexibility index (Phi) is 6.44. The van der Waals surface area contributed by atoms with Gasteiger partial charge in [0, 0.05) is 37.8 Å². The van der Waals surface area contributed by atoms with Crippen molar-refractivity contribution < 1.29 is 0 Å². The maximum Gasteiger partial charge on any atom is 0.191 e. The first-order valence-electron chi connectivity index (χ1n) is 7.06. The SMILES string of the molecule is I.NC(=NCc1ccccc1)N1CCN(c2nccs2)CC1. The van der Waals surface area contributed by atoms with Gasteiger partial charge in [-0.2, -0.15) is 0 Å². The Morgan fingerprint density at radius 2 is 1.91 bits per heavy atom. The number of piperazine rings is 1. The van der Waals surface area contributed by atoms with Crippen LogP contribution in [0.4, 0.5) is 5.13 Å². The molecule has 2 heterocycles. The minimum atomic E-state index is 0. The van der Waals surface area contributed by atoms with Gasteiger partial charge in [0.2, 0.25) is 0 Å². The highest BCUT2D eigenvalue weighted by atomic mass is 127. The molecule has 2 aromatic rings. The van der Waals surface area contributed by atoms with Crippen LogP contribution in [0, 0.1) is 0 Å². The maximum absolute atomic E-state index is 6.10. The summed E-state index contributed by atoms with van der Waals surface area (Å²) in [4.78, 5) is 13.3. The van der Waals surface area contributed by atoms with E-state index in [0.29, 0.717) is 12.5 Å². The second kappa shape index (κ2) is 8.33. The Labute approximate surface area is 151 Å². The summed E-state index contributed by atoms with van der Waals surface area (Å²) in [7, 11) is 0. The lowest BCUT2D eigenvalue weighted by atomic mass is 10.2. The molecular formula is C15H20IN5S. The number of thiazole rings is 1. The van der Waals surface area contributed by atoms with Gasteiger partial charge < -0.3 is 15.5 Å². The van der Waals surface area contributed by atoms with Crippen LogP contribution in [0.1, 0.15) is 5.56 Å². The second-order valence-electron chi connectivity index (χ2n) is 4.95. The quantitative estimate of drug-likeness (QED) is 0.463. The van der Waals surface area contributed by atoms with Crippen LogP contribution in [0.25, 0.3) is 0 Å². The van der Waals surface area contributed by atoms with Crippen LogP contribution < -0.4 is 10.6 Å². The van der Waals surface area contributed by atoms with Crippen LogP contribution in [0.3, 0.4) is 0 Å². The minimum absolute atomic E-state index is 0. The summed E-state index contributed by atoms with van der Waals surface area (Å²) in [5.74, 6) is 0.637. The maximum atomic E-state index is 6.10. The fraction of sp³-hybridized carbons (Fsp3) is 0.333. The van der Waals surface area contributed by atoms with E-state index in [-0.39, 0.29) is 24.0 Å². The molecule has 0 spiro atoms. The normalized spacial score (nSPS) is 15.5. The van der Waals surface area contributed by atoms with Gasteiger partial charge >= 0.3 is 0 Å². The number of nitrogens with zero attached hydrogens (tertiary/aromatic N) is 4. The van der Waals surface area contributed by atoms with Crippen LogP contribution >= 0.6 is 35.3 Å². The van der Waals surface area contributed by atoms with Gasteiger partial charge in [0.15, 0.2) is 11.1 Å². The fourth-order valence-corrected chi connectivity index (χ4v) is 3.05. The third kappa shape index (κ3) is 4.33. The van der Waals surface area contributed by atoms with Crippen LogP contribution in [-0.2, 0) is 6.54 Å². The molecule has 1 aromatic heterocycles. The van der Waals surface area contributed by atoms with E-state index in [0.717, 1.165) is 31.3 Å². The smallest absolute Gasteiger partial charge is 0.191 e. The number of aromatic nitrogens is 1. The number of aliphatic imine (C=N–C) groups is 1. The molecule has 118 valence electrons. The number of halogens is 1. The monoisotopic (exact) mass is 429 g/mol. The van der Waals surface area contributed by atoms with Gasteiger partial charge in [-0.25, -0.2) is 9.98 Å². The Balaban J connectivity index is 0.00000176. The van der Waals surface area contributed by atoms with Gasteiger partial charge in [0.05, 0.1) is 6.54 Å². The molecule has 0 atom stereocenters. The second-order valence-corrected chi connectivity index (χ2v) is 5.82. The van der Waals surface area contributed by atoms with Crippen molar-refractivity contribution in [2.45, 2.75) is 6.54 Å². The first-order chi connectivity index (χ1) is 10.3. The number of hydrogen-bond donors (Lipinski definition) is 1. The van der Waals surface area contributed by atoms with Crippen molar-refractivity contribution in [3.05, 3.63) is 47.5 Å². The molecule has 0 saturated carbocycles. The highest BCUT2D eigenvalue weighted by molar-refractivity contribution is 14.0. The van der Waals surface area contributed by atoms with Gasteiger partial charge in [-0.1, -0.05) is 30.3 Å². The highest BCUT2D eigenvalue weighted by Gasteiger charge is 2.19. The van der Waals surface area contributed by atoms with E-state index in [4.69, 9.17) is 5.73 Å². The van der Waals surface area contributed by atoms with Gasteiger partial charge in [0.25, 0.3) is 0 Å². The molecule has 2 N–H and O–H groups in total. The molecule has 0 radical (unpaired) electrons. The van der Waals surface area contributed by atoms with E-state index >= 15 is 0 Å². The average Bonchev–Trinajstić information content (AvgIpc) is 3.08. The molecular weight excluding hydrogens is 409 g/mol. The summed E-state index contributed by atoms with van der Waals surface area (Å²) in [6.07, 6.45) is 1.85. The molecule has 7 heteroatoms. The summed E-state index contributed by atoms with van der Waals surface area (Å²) >= 11 is 1.68. The fourth-order valence-electron chi connectivity index (χ4n) is 2.35. The van der Waals surface area contributed by atoms with Crippen molar-refractivity contribution in [3.8, 4) is 0 Å². The molecule has 0 amide bonds. The summed E-state index contributed by atoms with van der Waals surface area (Å²) in [6.45, 7) is 4.30. The first-order valence-corrected chi connectivity index (χ1v) is 7.94. The number of guanidine groups is 1. The summed E-state index contributed by atoms with van der Waals surface area (Å²) in [5.41, 5.74) is 7.29. The van der Waals surface area contributed by atoms with Crippen LogP contribution in [0.5, 0.6) is 0 Å². The van der Waals surface area contributed by atoms with E-state index < -0.39 is 0 Å². The molecule has 1 aliphatic heterocycles. The third-order valence-corrected chi connectivity index (χ3v) is 4.39. The molecule has 5 nitrogen and oxygen atoms in total. The number of nitrogens with two attached hydrogens (primary N) is 1. The summed E-state index contributed by atoms with van der Waals surface area (Å²) in [5, 5.41) is 3.10. The first kappa shape index (κ1) is 17.0. The van der Waals surface area contributed by atoms with Gasteiger partial charge in [-0.3, -0.25) is 0 Å². The van der Waals surface area contributed by atoms with E-state index in [2.05, 4.69) is 31.9 Å². The van der Waals surface area contributed by atoms with Crippen molar-refractivity contribution in [1.82, 2.24) is 9.88 Å². The van der Waals surface area contributed by atoms with Gasteiger partial charge in [-0.05, 0) is 5.56 Å². The molecule has 0 bridgehead atoms. The summed E-state index contributed by atoms with van der Waals surface area (Å²) in [6, 6.07) is 10.2. The van der Waals surface area contributed by atoms with E-state index in [1.165, 1.54) is 5.56 Å². The van der Waals surface area contributed by atoms with Gasteiger partial charge in [-0.15, -0.1) is 35.3 Å². The van der Waals surface area contributed by atoms with E-state index in [1.54, 1.807) is 11.3 Å². The Morgan fingerprint density at radius 3 is 2.55 bits per heavy atom. The van der Waals surface area contributed by atoms with Crippen LogP contribution in [0.15, 0.2) is 46.9 Å². The van der Waals surface area contributed by atoms with Gasteiger partial charge in [0.1, 0.15) is 0 Å². The lowest BCUT2D eigenvalue weighted by Crippen LogP contribution is -2.51. The minimum Gasteiger partial charge on any atom is -0.370 e. The number of hydrogen-bond acceptors (Lipinski definition) is 4. The highest BCUT2D eigenvalue weighted by Crippen LogP contribution is 2.18. The van der Waals surface area contributed by atoms with E-state index in [9.17, 15) is 0 Å². The standard InChI is InChI=1S/C15H19N5S.HI/c16-14(18-12-13-4-2-1-3-5-13)19-7-9-20(10-8-19)15-17-6-11-21-15;/h1-6,11H,7-10,12H2,(H2,16,18);1H. The van der Waals surface area contributed by atoms with Crippen molar-refractivity contribution in [2.24, 2.45) is 10.7 Å². The number of benzene rings is 1. The Morgan fingerprint density at radius 1 is 1.18 bits per heavy atom. The lowest BCUT2D eigenvalue weighted by Gasteiger charge is -2.35. The van der Waals surface area contributed by atoms with Crippen molar-refractivity contribution in [1.29, 1.82) is 0 Å². The zero-order valence-corrected chi connectivity index (χ0v) is 15.4. The topological polar surface area (TPSA) is 57.8 Å². The molecule has 1 saturated heterocycles. The van der Waals surface area contributed by atoms with Crippen molar-refractivity contribution in [3.63, 3.8) is 0 Å². The zero-order chi connectivity index (χ0) is 14.5. The average molecular weight is 429 g/mol. The Hall–Kier alpha value is -1.35. The summed E-state index contributed by atoms with van der Waals surface area (Å²) < 4.78 is 0. The van der Waals surface area contributed by atoms with Crippen LogP contribution in [-0.4, -0.2) is 42.0 Å². The third-order valence-electron chi connectivity index (χ3n) is 3.56. The molecule has 1 fully saturated rings. The molecule has 0 aliphatic carbocycles. The largest absolute Gasteiger partial charge is 0.370 e. The Bertz CT molecular complexity index is 579.